The number of benzene rings is 1. The highest BCUT2D eigenvalue weighted by Gasteiger charge is 2.24. The highest BCUT2D eigenvalue weighted by molar-refractivity contribution is 5.78. The molecule has 0 aliphatic carbocycles. The van der Waals surface area contributed by atoms with Gasteiger partial charge in [-0.25, -0.2) is 9.97 Å². The molecule has 1 fully saturated rings. The molecule has 2 aromatic rings. The molecule has 1 saturated heterocycles. The van der Waals surface area contributed by atoms with Gasteiger partial charge >= 0.3 is 0 Å². The topological polar surface area (TPSA) is 61.4 Å². The zero-order valence-electron chi connectivity index (χ0n) is 15.0. The monoisotopic (exact) mass is 351 g/mol. The molecule has 6 heteroatoms. The first-order chi connectivity index (χ1) is 12.8. The van der Waals surface area contributed by atoms with Gasteiger partial charge in [-0.05, 0) is 36.5 Å². The number of carbonyl (C=O) groups excluding carboxylic acids is 1. The average Bonchev–Trinajstić information content (AvgIpc) is 2.69. The van der Waals surface area contributed by atoms with Gasteiger partial charge in [0, 0.05) is 44.6 Å². The van der Waals surface area contributed by atoms with Gasteiger partial charge in [-0.1, -0.05) is 24.3 Å². The number of hydrogen-bond donors (Lipinski definition) is 1. The number of carbonyl (C=O) groups is 1. The lowest BCUT2D eigenvalue weighted by Gasteiger charge is -2.34. The van der Waals surface area contributed by atoms with Gasteiger partial charge in [0.2, 0.25) is 11.9 Å². The minimum atomic E-state index is 0.116. The van der Waals surface area contributed by atoms with Crippen LogP contribution in [-0.2, 0) is 17.8 Å². The lowest BCUT2D eigenvalue weighted by Crippen LogP contribution is -2.50. The van der Waals surface area contributed by atoms with E-state index < -0.39 is 0 Å². The summed E-state index contributed by atoms with van der Waals surface area (Å²) in [4.78, 5) is 25.6. The molecule has 0 unspecified atom stereocenters. The van der Waals surface area contributed by atoms with Gasteiger partial charge in [0.05, 0.1) is 6.54 Å². The van der Waals surface area contributed by atoms with E-state index in [2.05, 4.69) is 49.4 Å². The van der Waals surface area contributed by atoms with Gasteiger partial charge in [0.15, 0.2) is 0 Å². The highest BCUT2D eigenvalue weighted by atomic mass is 16.2. The quantitative estimate of drug-likeness (QED) is 0.907. The van der Waals surface area contributed by atoms with Crippen molar-refractivity contribution < 1.29 is 4.79 Å². The van der Waals surface area contributed by atoms with Gasteiger partial charge in [0.25, 0.3) is 0 Å². The number of hydrogen-bond acceptors (Lipinski definition) is 5. The third kappa shape index (κ3) is 4.02. The summed E-state index contributed by atoms with van der Waals surface area (Å²) in [5.74, 6) is 0.865. The molecule has 6 nitrogen and oxygen atoms in total. The minimum absolute atomic E-state index is 0.116. The van der Waals surface area contributed by atoms with Gasteiger partial charge in [-0.2, -0.15) is 0 Å². The molecule has 1 amide bonds. The number of piperidine rings is 1. The third-order valence-electron chi connectivity index (χ3n) is 5.20. The zero-order chi connectivity index (χ0) is 17.8. The van der Waals surface area contributed by atoms with Gasteiger partial charge in [-0.3, -0.25) is 9.69 Å². The van der Waals surface area contributed by atoms with Crippen molar-refractivity contribution in [2.75, 3.05) is 31.1 Å². The third-order valence-corrected chi connectivity index (χ3v) is 5.20. The molecule has 1 N–H and O–H groups in total. The van der Waals surface area contributed by atoms with Crippen LogP contribution in [0.25, 0.3) is 0 Å². The standard InChI is InChI=1S/C20H25N5O/c26-19(15-24-12-8-16-5-1-2-6-17(16)13-24)23-18-7-3-11-25(14-18)20-21-9-4-10-22-20/h1-2,4-6,9-10,18H,3,7-8,11-15H2,(H,23,26)/t18-/m0/s1. The molecule has 3 heterocycles. The van der Waals surface area contributed by atoms with Crippen molar-refractivity contribution in [2.45, 2.75) is 31.8 Å². The van der Waals surface area contributed by atoms with Crippen LogP contribution in [0.5, 0.6) is 0 Å². The maximum absolute atomic E-state index is 12.5. The Kier molecular flexibility index (Phi) is 5.11. The van der Waals surface area contributed by atoms with Crippen LogP contribution in [0.4, 0.5) is 5.95 Å². The SMILES string of the molecule is O=C(CN1CCc2ccccc2C1)N[C@H]1CCCN(c2ncccn2)C1. The molecule has 1 aromatic heterocycles. The van der Waals surface area contributed by atoms with Crippen LogP contribution in [0, 0.1) is 0 Å². The molecule has 0 spiro atoms. The summed E-state index contributed by atoms with van der Waals surface area (Å²) >= 11 is 0. The first-order valence-electron chi connectivity index (χ1n) is 9.38. The first-order valence-corrected chi connectivity index (χ1v) is 9.38. The molecule has 4 rings (SSSR count). The fourth-order valence-corrected chi connectivity index (χ4v) is 3.90. The van der Waals surface area contributed by atoms with Crippen LogP contribution < -0.4 is 10.2 Å². The Morgan fingerprint density at radius 1 is 1.12 bits per heavy atom. The molecule has 1 atom stereocenters. The van der Waals surface area contributed by atoms with Crippen LogP contribution >= 0.6 is 0 Å². The van der Waals surface area contributed by atoms with Crippen molar-refractivity contribution in [3.8, 4) is 0 Å². The van der Waals surface area contributed by atoms with Gasteiger partial charge in [0.1, 0.15) is 0 Å². The van der Waals surface area contributed by atoms with Gasteiger partial charge in [-0.15, -0.1) is 0 Å². The average molecular weight is 351 g/mol. The Balaban J connectivity index is 1.30. The van der Waals surface area contributed by atoms with E-state index in [0.717, 1.165) is 51.4 Å². The first kappa shape index (κ1) is 17.0. The number of aromatic nitrogens is 2. The molecular weight excluding hydrogens is 326 g/mol. The Morgan fingerprint density at radius 2 is 1.92 bits per heavy atom. The van der Waals surface area contributed by atoms with Crippen molar-refractivity contribution in [1.82, 2.24) is 20.2 Å². The van der Waals surface area contributed by atoms with E-state index >= 15 is 0 Å². The molecule has 0 radical (unpaired) electrons. The number of amides is 1. The molecule has 136 valence electrons. The number of fused-ring (bicyclic) bond motifs is 1. The van der Waals surface area contributed by atoms with Crippen LogP contribution in [0.1, 0.15) is 24.0 Å². The molecular formula is C20H25N5O. The van der Waals surface area contributed by atoms with Crippen LogP contribution in [0.3, 0.4) is 0 Å². The molecule has 1 aromatic carbocycles. The second-order valence-corrected chi connectivity index (χ2v) is 7.13. The van der Waals surface area contributed by atoms with E-state index in [0.29, 0.717) is 6.54 Å². The summed E-state index contributed by atoms with van der Waals surface area (Å²) in [7, 11) is 0. The number of anilines is 1. The minimum Gasteiger partial charge on any atom is -0.350 e. The maximum Gasteiger partial charge on any atom is 0.234 e. The van der Waals surface area contributed by atoms with E-state index in [1.165, 1.54) is 11.1 Å². The number of nitrogens with one attached hydrogen (secondary N) is 1. The lowest BCUT2D eigenvalue weighted by atomic mass is 10.00. The zero-order valence-corrected chi connectivity index (χ0v) is 15.0. The molecule has 2 aliphatic heterocycles. The fourth-order valence-electron chi connectivity index (χ4n) is 3.90. The van der Waals surface area contributed by atoms with Crippen molar-refractivity contribution in [2.24, 2.45) is 0 Å². The second kappa shape index (κ2) is 7.83. The molecule has 0 bridgehead atoms. The van der Waals surface area contributed by atoms with E-state index in [1.54, 1.807) is 12.4 Å². The highest BCUT2D eigenvalue weighted by Crippen LogP contribution is 2.18. The number of nitrogens with zero attached hydrogens (tertiary/aromatic N) is 4. The smallest absolute Gasteiger partial charge is 0.234 e. The molecule has 2 aliphatic rings. The van der Waals surface area contributed by atoms with Crippen molar-refractivity contribution >= 4 is 11.9 Å². The van der Waals surface area contributed by atoms with Crippen molar-refractivity contribution in [1.29, 1.82) is 0 Å². The fraction of sp³-hybridized carbons (Fsp3) is 0.450. The maximum atomic E-state index is 12.5. The van der Waals surface area contributed by atoms with Crippen molar-refractivity contribution in [3.05, 3.63) is 53.9 Å². The van der Waals surface area contributed by atoms with Crippen LogP contribution in [0.2, 0.25) is 0 Å². The molecule has 26 heavy (non-hydrogen) atoms. The Morgan fingerprint density at radius 3 is 2.77 bits per heavy atom. The summed E-state index contributed by atoms with van der Waals surface area (Å²) < 4.78 is 0. The normalized spacial score (nSPS) is 20.5. The van der Waals surface area contributed by atoms with E-state index in [9.17, 15) is 4.79 Å². The van der Waals surface area contributed by atoms with Crippen LogP contribution in [0.15, 0.2) is 42.7 Å². The number of rotatable bonds is 4. The summed E-state index contributed by atoms with van der Waals surface area (Å²) in [6, 6.07) is 10.5. The Labute approximate surface area is 154 Å². The van der Waals surface area contributed by atoms with Crippen molar-refractivity contribution in [3.63, 3.8) is 0 Å². The summed E-state index contributed by atoms with van der Waals surface area (Å²) in [5, 5.41) is 3.21. The summed E-state index contributed by atoms with van der Waals surface area (Å²) in [6.45, 7) is 3.99. The predicted octanol–water partition coefficient (Wildman–Crippen LogP) is 1.62. The van der Waals surface area contributed by atoms with E-state index in [4.69, 9.17) is 0 Å². The lowest BCUT2D eigenvalue weighted by molar-refractivity contribution is -0.123. The summed E-state index contributed by atoms with van der Waals surface area (Å²) in [6.07, 6.45) is 6.60. The summed E-state index contributed by atoms with van der Waals surface area (Å²) in [5.41, 5.74) is 2.76. The molecule has 0 saturated carbocycles. The van der Waals surface area contributed by atoms with Crippen LogP contribution in [-0.4, -0.2) is 53.0 Å². The van der Waals surface area contributed by atoms with Gasteiger partial charge < -0.3 is 10.2 Å². The predicted molar refractivity (Wildman–Crippen MR) is 101 cm³/mol. The largest absolute Gasteiger partial charge is 0.350 e. The Hall–Kier alpha value is -2.47. The second-order valence-electron chi connectivity index (χ2n) is 7.13. The Bertz CT molecular complexity index is 751. The van der Waals surface area contributed by atoms with E-state index in [-0.39, 0.29) is 11.9 Å². The van der Waals surface area contributed by atoms with E-state index in [1.807, 2.05) is 6.07 Å².